The fourth-order valence-corrected chi connectivity index (χ4v) is 3.77. The first-order valence-corrected chi connectivity index (χ1v) is 10.2. The summed E-state index contributed by atoms with van der Waals surface area (Å²) in [4.78, 5) is 0. The van der Waals surface area contributed by atoms with Gasteiger partial charge in [0.2, 0.25) is 0 Å². The Morgan fingerprint density at radius 1 is 0.524 bits per heavy atom. The third kappa shape index (κ3) is 14.4. The van der Waals surface area contributed by atoms with Gasteiger partial charge in [-0.25, -0.2) is 0 Å². The van der Waals surface area contributed by atoms with Crippen LogP contribution in [0.4, 0.5) is 0 Å². The summed E-state index contributed by atoms with van der Waals surface area (Å²) in [6.45, 7) is 1.69. The van der Waals surface area contributed by atoms with Crippen LogP contribution >= 0.6 is 46.4 Å². The lowest BCUT2D eigenvalue weighted by Gasteiger charge is -2.15. The maximum Gasteiger partial charge on any atom is 0.0466 e. The van der Waals surface area contributed by atoms with Crippen LogP contribution in [0.25, 0.3) is 0 Å². The Kier molecular flexibility index (Phi) is 18.4. The van der Waals surface area contributed by atoms with E-state index in [0.29, 0.717) is 11.8 Å². The van der Waals surface area contributed by atoms with Crippen molar-refractivity contribution in [1.29, 1.82) is 0 Å². The summed E-state index contributed by atoms with van der Waals surface area (Å²) in [6, 6.07) is 0. The van der Waals surface area contributed by atoms with E-state index in [2.05, 4.69) is 0 Å². The van der Waals surface area contributed by atoms with E-state index in [9.17, 15) is 0 Å². The topological polar surface area (TPSA) is 9.23 Å². The largest absolute Gasteiger partial charge is 0.381 e. The highest BCUT2D eigenvalue weighted by Gasteiger charge is 2.08. The van der Waals surface area contributed by atoms with Crippen molar-refractivity contribution in [2.24, 2.45) is 11.8 Å². The van der Waals surface area contributed by atoms with Gasteiger partial charge in [0.15, 0.2) is 0 Å². The number of hydrogen-bond acceptors (Lipinski definition) is 1. The van der Waals surface area contributed by atoms with Crippen molar-refractivity contribution in [1.82, 2.24) is 0 Å². The lowest BCUT2D eigenvalue weighted by molar-refractivity contribution is 0.119. The van der Waals surface area contributed by atoms with E-state index < -0.39 is 0 Å². The molecule has 0 saturated heterocycles. The lowest BCUT2D eigenvalue weighted by Crippen LogP contribution is -2.07. The standard InChI is InChI=1S/C16H30Cl4O/c17-9-5-15(6-10-18)3-1-13-21-14-2-4-16(7-11-19)8-12-20/h15-16H,1-14H2. The molecule has 0 aliphatic rings. The van der Waals surface area contributed by atoms with Crippen LogP contribution in [0, 0.1) is 11.8 Å². The van der Waals surface area contributed by atoms with E-state index in [4.69, 9.17) is 51.1 Å². The van der Waals surface area contributed by atoms with Crippen LogP contribution in [0.3, 0.4) is 0 Å². The third-order valence-corrected chi connectivity index (χ3v) is 4.74. The zero-order valence-corrected chi connectivity index (χ0v) is 16.0. The van der Waals surface area contributed by atoms with E-state index in [1.165, 1.54) is 12.8 Å². The van der Waals surface area contributed by atoms with Gasteiger partial charge in [-0.05, 0) is 63.2 Å². The first-order chi connectivity index (χ1) is 10.3. The second-order valence-electron chi connectivity index (χ2n) is 5.54. The monoisotopic (exact) mass is 378 g/mol. The second kappa shape index (κ2) is 17.5. The van der Waals surface area contributed by atoms with Gasteiger partial charge in [0, 0.05) is 36.7 Å². The Morgan fingerprint density at radius 2 is 0.857 bits per heavy atom. The summed E-state index contributed by atoms with van der Waals surface area (Å²) >= 11 is 23.2. The van der Waals surface area contributed by atoms with Gasteiger partial charge >= 0.3 is 0 Å². The molecular weight excluding hydrogens is 350 g/mol. The Labute approximate surface area is 151 Å². The normalized spacial score (nSPS) is 11.7. The molecule has 0 spiro atoms. The molecule has 128 valence electrons. The first-order valence-electron chi connectivity index (χ1n) is 8.10. The van der Waals surface area contributed by atoms with Gasteiger partial charge in [-0.15, -0.1) is 46.4 Å². The average Bonchev–Trinajstić information content (AvgIpc) is 2.47. The van der Waals surface area contributed by atoms with Crippen molar-refractivity contribution >= 4 is 46.4 Å². The molecule has 0 rings (SSSR count). The number of rotatable bonds is 16. The molecular formula is C16H30Cl4O. The summed E-state index contributed by atoms with van der Waals surface area (Å²) in [5.41, 5.74) is 0. The molecule has 0 bridgehead atoms. The molecule has 0 aromatic heterocycles. The highest BCUT2D eigenvalue weighted by Crippen LogP contribution is 2.18. The molecule has 0 atom stereocenters. The van der Waals surface area contributed by atoms with Crippen LogP contribution in [0.1, 0.15) is 51.4 Å². The van der Waals surface area contributed by atoms with Crippen molar-refractivity contribution in [3.8, 4) is 0 Å². The van der Waals surface area contributed by atoms with Crippen LogP contribution < -0.4 is 0 Å². The molecule has 0 radical (unpaired) electrons. The van der Waals surface area contributed by atoms with Crippen molar-refractivity contribution in [3.63, 3.8) is 0 Å². The fraction of sp³-hybridized carbons (Fsp3) is 1.00. The molecule has 0 aromatic carbocycles. The average molecular weight is 380 g/mol. The lowest BCUT2D eigenvalue weighted by atomic mass is 9.97. The van der Waals surface area contributed by atoms with Crippen LogP contribution in [0.2, 0.25) is 0 Å². The first kappa shape index (κ1) is 22.1. The molecule has 0 saturated carbocycles. The number of ether oxygens (including phenoxy) is 1. The minimum Gasteiger partial charge on any atom is -0.381 e. The van der Waals surface area contributed by atoms with Crippen LogP contribution in [0.5, 0.6) is 0 Å². The van der Waals surface area contributed by atoms with Gasteiger partial charge in [0.1, 0.15) is 0 Å². The molecule has 0 amide bonds. The zero-order valence-electron chi connectivity index (χ0n) is 13.0. The third-order valence-electron chi connectivity index (χ3n) is 3.87. The summed E-state index contributed by atoms with van der Waals surface area (Å²) in [7, 11) is 0. The minimum absolute atomic E-state index is 0.653. The maximum atomic E-state index is 5.80. The Hall–Kier alpha value is 1.12. The highest BCUT2D eigenvalue weighted by atomic mass is 35.5. The van der Waals surface area contributed by atoms with E-state index in [0.717, 1.165) is 75.3 Å². The molecule has 0 heterocycles. The number of hydrogen-bond donors (Lipinski definition) is 0. The van der Waals surface area contributed by atoms with E-state index >= 15 is 0 Å². The van der Waals surface area contributed by atoms with Gasteiger partial charge in [0.05, 0.1) is 0 Å². The van der Waals surface area contributed by atoms with Crippen LogP contribution in [-0.4, -0.2) is 36.7 Å². The van der Waals surface area contributed by atoms with Gasteiger partial charge in [-0.1, -0.05) is 0 Å². The Bertz CT molecular complexity index is 173. The molecule has 1 nitrogen and oxygen atoms in total. The van der Waals surface area contributed by atoms with Gasteiger partial charge < -0.3 is 4.74 Å². The van der Waals surface area contributed by atoms with Gasteiger partial charge in [-0.3, -0.25) is 0 Å². The Morgan fingerprint density at radius 3 is 1.14 bits per heavy atom. The van der Waals surface area contributed by atoms with Crippen molar-refractivity contribution < 1.29 is 4.74 Å². The molecule has 5 heteroatoms. The SMILES string of the molecule is ClCCC(CCCl)CCCOCCCC(CCCl)CCCl. The summed E-state index contributed by atoms with van der Waals surface area (Å²) in [5.74, 6) is 4.21. The summed E-state index contributed by atoms with van der Waals surface area (Å²) in [5, 5.41) is 0. The van der Waals surface area contributed by atoms with Crippen molar-refractivity contribution in [3.05, 3.63) is 0 Å². The maximum absolute atomic E-state index is 5.80. The summed E-state index contributed by atoms with van der Waals surface area (Å²) in [6.07, 6.45) is 8.79. The molecule has 0 aliphatic heterocycles. The smallest absolute Gasteiger partial charge is 0.0466 e. The molecule has 0 aromatic rings. The van der Waals surface area contributed by atoms with Crippen molar-refractivity contribution in [2.75, 3.05) is 36.7 Å². The number of halogens is 4. The second-order valence-corrected chi connectivity index (χ2v) is 7.05. The van der Waals surface area contributed by atoms with E-state index in [1.807, 2.05) is 0 Å². The van der Waals surface area contributed by atoms with E-state index in [1.54, 1.807) is 0 Å². The molecule has 0 aliphatic carbocycles. The van der Waals surface area contributed by atoms with Crippen molar-refractivity contribution in [2.45, 2.75) is 51.4 Å². The molecule has 0 fully saturated rings. The fourth-order valence-electron chi connectivity index (χ4n) is 2.53. The predicted octanol–water partition coefficient (Wildman–Crippen LogP) is 6.31. The molecule has 0 N–H and O–H groups in total. The van der Waals surface area contributed by atoms with E-state index in [-0.39, 0.29) is 0 Å². The minimum atomic E-state index is 0.653. The van der Waals surface area contributed by atoms with Crippen LogP contribution in [-0.2, 0) is 4.74 Å². The highest BCUT2D eigenvalue weighted by molar-refractivity contribution is 6.18. The quantitative estimate of drug-likeness (QED) is 0.225. The number of alkyl halides is 4. The van der Waals surface area contributed by atoms with Crippen LogP contribution in [0.15, 0.2) is 0 Å². The predicted molar refractivity (Wildman–Crippen MR) is 97.6 cm³/mol. The zero-order chi connectivity index (χ0) is 15.8. The molecule has 21 heavy (non-hydrogen) atoms. The summed E-state index contributed by atoms with van der Waals surface area (Å²) < 4.78 is 5.72. The van der Waals surface area contributed by atoms with Gasteiger partial charge in [0.25, 0.3) is 0 Å². The molecule has 0 unspecified atom stereocenters. The van der Waals surface area contributed by atoms with Gasteiger partial charge in [-0.2, -0.15) is 0 Å². The Balaban J connectivity index is 3.48.